The maximum Gasteiger partial charge on any atom is 0.255 e. The molecule has 3 aromatic heterocycles. The van der Waals surface area contributed by atoms with Crippen LogP contribution in [0.1, 0.15) is 40.6 Å². The lowest BCUT2D eigenvalue weighted by Crippen LogP contribution is -2.23. The van der Waals surface area contributed by atoms with Gasteiger partial charge in [0.1, 0.15) is 11.3 Å². The first-order valence-corrected chi connectivity index (χ1v) is 9.05. The molecule has 0 atom stereocenters. The highest BCUT2D eigenvalue weighted by molar-refractivity contribution is 7.09. The Bertz CT molecular complexity index is 918. The summed E-state index contributed by atoms with van der Waals surface area (Å²) >= 11 is 1.52. The molecule has 0 bridgehead atoms. The molecule has 8 nitrogen and oxygen atoms in total. The molecule has 3 rings (SSSR count). The average Bonchev–Trinajstić information content (AvgIpc) is 3.18. The number of nitrogens with zero attached hydrogens (tertiary/aromatic N) is 5. The lowest BCUT2D eigenvalue weighted by atomic mass is 10.2. The molecule has 1 N–H and O–H groups in total. The van der Waals surface area contributed by atoms with Crippen LogP contribution in [0.25, 0.3) is 5.82 Å². The van der Waals surface area contributed by atoms with Crippen molar-refractivity contribution in [2.24, 2.45) is 0 Å². The van der Waals surface area contributed by atoms with Crippen molar-refractivity contribution in [2.45, 2.75) is 40.3 Å². The monoisotopic (exact) mass is 372 g/mol. The van der Waals surface area contributed by atoms with Crippen LogP contribution in [0.15, 0.2) is 24.0 Å². The number of carbonyl (C=O) groups is 1. The van der Waals surface area contributed by atoms with Crippen LogP contribution in [0.5, 0.6) is 5.88 Å². The molecular formula is C17H20N6O2S. The van der Waals surface area contributed by atoms with Crippen molar-refractivity contribution < 1.29 is 9.53 Å². The van der Waals surface area contributed by atoms with Gasteiger partial charge >= 0.3 is 0 Å². The van der Waals surface area contributed by atoms with E-state index >= 15 is 0 Å². The Morgan fingerprint density at radius 3 is 2.85 bits per heavy atom. The smallest absolute Gasteiger partial charge is 0.255 e. The molecule has 0 saturated carbocycles. The molecule has 9 heteroatoms. The molecule has 0 spiro atoms. The minimum absolute atomic E-state index is 0.00676. The molecule has 0 aromatic carbocycles. The van der Waals surface area contributed by atoms with Crippen LogP contribution in [0.3, 0.4) is 0 Å². The second-order valence-corrected chi connectivity index (χ2v) is 6.94. The molecule has 136 valence electrons. The molecule has 0 aliphatic carbocycles. The molecule has 0 aliphatic heterocycles. The van der Waals surface area contributed by atoms with Crippen LogP contribution in [0.4, 0.5) is 0 Å². The number of aromatic nitrogens is 5. The number of ether oxygens (including phenoxy) is 1. The van der Waals surface area contributed by atoms with E-state index in [2.05, 4.69) is 25.4 Å². The summed E-state index contributed by atoms with van der Waals surface area (Å²) in [5.41, 5.74) is 2.13. The molecule has 1 amide bonds. The van der Waals surface area contributed by atoms with Gasteiger partial charge in [0.2, 0.25) is 5.88 Å². The fourth-order valence-corrected chi connectivity index (χ4v) is 3.06. The number of rotatable bonds is 6. The van der Waals surface area contributed by atoms with Crippen LogP contribution in [-0.4, -0.2) is 36.7 Å². The zero-order valence-electron chi connectivity index (χ0n) is 15.1. The lowest BCUT2D eigenvalue weighted by Gasteiger charge is -2.10. The maximum atomic E-state index is 12.5. The third kappa shape index (κ3) is 4.05. The molecular weight excluding hydrogens is 352 g/mol. The van der Waals surface area contributed by atoms with Crippen LogP contribution >= 0.6 is 11.3 Å². The predicted octanol–water partition coefficient (Wildman–Crippen LogP) is 2.45. The van der Waals surface area contributed by atoms with Crippen LogP contribution in [0.2, 0.25) is 0 Å². The Labute approximate surface area is 155 Å². The molecule has 0 unspecified atom stereocenters. The van der Waals surface area contributed by atoms with Gasteiger partial charge < -0.3 is 10.1 Å². The largest absolute Gasteiger partial charge is 0.475 e. The summed E-state index contributed by atoms with van der Waals surface area (Å²) < 4.78 is 7.18. The highest BCUT2D eigenvalue weighted by Gasteiger charge is 2.16. The minimum Gasteiger partial charge on any atom is -0.475 e. The first-order chi connectivity index (χ1) is 12.4. The summed E-state index contributed by atoms with van der Waals surface area (Å²) in [7, 11) is 0. The SMILES string of the molecule is Cc1csc(CNC(=O)c2cnn(-c3cc(OC(C)C)ncn3)c2C)n1. The predicted molar refractivity (Wildman–Crippen MR) is 97.7 cm³/mol. The number of aryl methyl sites for hydroxylation is 1. The molecule has 3 heterocycles. The third-order valence-corrected chi connectivity index (χ3v) is 4.49. The average molecular weight is 372 g/mol. The highest BCUT2D eigenvalue weighted by Crippen LogP contribution is 2.16. The van der Waals surface area contributed by atoms with Crippen molar-refractivity contribution in [1.82, 2.24) is 30.0 Å². The Morgan fingerprint density at radius 2 is 2.15 bits per heavy atom. The van der Waals surface area contributed by atoms with E-state index in [4.69, 9.17) is 4.74 Å². The van der Waals surface area contributed by atoms with Gasteiger partial charge in [0.15, 0.2) is 5.82 Å². The number of amides is 1. The molecule has 26 heavy (non-hydrogen) atoms. The number of carbonyl (C=O) groups excluding carboxylic acids is 1. The van der Waals surface area contributed by atoms with E-state index in [0.717, 1.165) is 10.7 Å². The maximum absolute atomic E-state index is 12.5. The molecule has 0 saturated heterocycles. The van der Waals surface area contributed by atoms with Crippen LogP contribution in [0, 0.1) is 13.8 Å². The Kier molecular flexibility index (Phi) is 5.27. The Balaban J connectivity index is 1.76. The van der Waals surface area contributed by atoms with E-state index in [9.17, 15) is 4.79 Å². The number of hydrogen-bond donors (Lipinski definition) is 1. The second kappa shape index (κ2) is 7.61. The van der Waals surface area contributed by atoms with Gasteiger partial charge in [0, 0.05) is 17.1 Å². The van der Waals surface area contributed by atoms with Gasteiger partial charge in [-0.3, -0.25) is 4.79 Å². The summed E-state index contributed by atoms with van der Waals surface area (Å²) in [6.45, 7) is 7.98. The topological polar surface area (TPSA) is 94.8 Å². The number of nitrogens with one attached hydrogen (secondary N) is 1. The van der Waals surface area contributed by atoms with Crippen molar-refractivity contribution in [3.05, 3.63) is 45.9 Å². The zero-order chi connectivity index (χ0) is 18.7. The van der Waals surface area contributed by atoms with Gasteiger partial charge in [-0.15, -0.1) is 11.3 Å². The zero-order valence-corrected chi connectivity index (χ0v) is 15.9. The fraction of sp³-hybridized carbons (Fsp3) is 0.353. The number of thiazole rings is 1. The van der Waals surface area contributed by atoms with E-state index in [-0.39, 0.29) is 12.0 Å². The molecule has 0 radical (unpaired) electrons. The molecule has 0 fully saturated rings. The Hall–Kier alpha value is -2.81. The summed E-state index contributed by atoms with van der Waals surface area (Å²) in [4.78, 5) is 25.1. The van der Waals surface area contributed by atoms with Crippen LogP contribution < -0.4 is 10.1 Å². The molecule has 0 aliphatic rings. The minimum atomic E-state index is -0.200. The van der Waals surface area contributed by atoms with Crippen molar-refractivity contribution in [3.63, 3.8) is 0 Å². The normalized spacial score (nSPS) is 11.0. The van der Waals surface area contributed by atoms with Crippen molar-refractivity contribution in [1.29, 1.82) is 0 Å². The summed E-state index contributed by atoms with van der Waals surface area (Å²) in [6.07, 6.45) is 2.95. The Morgan fingerprint density at radius 1 is 1.35 bits per heavy atom. The van der Waals surface area contributed by atoms with Gasteiger partial charge in [-0.25, -0.2) is 19.6 Å². The fourth-order valence-electron chi connectivity index (χ4n) is 2.35. The summed E-state index contributed by atoms with van der Waals surface area (Å²) in [6, 6.07) is 1.69. The standard InChI is InChI=1S/C17H20N6O2S/c1-10(2)25-15-5-14(19-9-20-15)23-12(4)13(6-21-23)17(24)18-7-16-22-11(3)8-26-16/h5-6,8-10H,7H2,1-4H3,(H,18,24). The van der Waals surface area contributed by atoms with Crippen LogP contribution in [-0.2, 0) is 6.54 Å². The van der Waals surface area contributed by atoms with Crippen molar-refractivity contribution in [2.75, 3.05) is 0 Å². The quantitative estimate of drug-likeness (QED) is 0.714. The summed E-state index contributed by atoms with van der Waals surface area (Å²) in [5, 5.41) is 9.98. The second-order valence-electron chi connectivity index (χ2n) is 6.00. The van der Waals surface area contributed by atoms with E-state index in [1.54, 1.807) is 10.7 Å². The van der Waals surface area contributed by atoms with E-state index < -0.39 is 0 Å². The van der Waals surface area contributed by atoms with Crippen molar-refractivity contribution in [3.8, 4) is 11.7 Å². The van der Waals surface area contributed by atoms with Gasteiger partial charge in [-0.05, 0) is 27.7 Å². The highest BCUT2D eigenvalue weighted by atomic mass is 32.1. The van der Waals surface area contributed by atoms with Gasteiger partial charge in [-0.1, -0.05) is 0 Å². The lowest BCUT2D eigenvalue weighted by molar-refractivity contribution is 0.0950. The first-order valence-electron chi connectivity index (χ1n) is 8.17. The number of hydrogen-bond acceptors (Lipinski definition) is 7. The van der Waals surface area contributed by atoms with E-state index in [1.165, 1.54) is 23.9 Å². The first kappa shape index (κ1) is 18.0. The summed E-state index contributed by atoms with van der Waals surface area (Å²) in [5.74, 6) is 0.808. The van der Waals surface area contributed by atoms with E-state index in [0.29, 0.717) is 29.5 Å². The van der Waals surface area contributed by atoms with Crippen molar-refractivity contribution >= 4 is 17.2 Å². The van der Waals surface area contributed by atoms with Gasteiger partial charge in [-0.2, -0.15) is 5.10 Å². The van der Waals surface area contributed by atoms with Gasteiger partial charge in [0.05, 0.1) is 30.1 Å². The molecule has 3 aromatic rings. The third-order valence-electron chi connectivity index (χ3n) is 3.52. The van der Waals surface area contributed by atoms with Gasteiger partial charge in [0.25, 0.3) is 5.91 Å². The van der Waals surface area contributed by atoms with E-state index in [1.807, 2.05) is 33.1 Å².